The average Bonchev–Trinajstić information content (AvgIpc) is 2.95. The lowest BCUT2D eigenvalue weighted by molar-refractivity contribution is 0.340. The van der Waals surface area contributed by atoms with Crippen molar-refractivity contribution >= 4 is 0 Å². The van der Waals surface area contributed by atoms with Gasteiger partial charge in [0, 0.05) is 6.07 Å². The summed E-state index contributed by atoms with van der Waals surface area (Å²) >= 11 is 0. The van der Waals surface area contributed by atoms with Gasteiger partial charge < -0.3 is 10.1 Å². The first-order valence-corrected chi connectivity index (χ1v) is 7.01. The Kier molecular flexibility index (Phi) is 5.06. The molecule has 1 heterocycles. The Hall–Kier alpha value is -1.95. The van der Waals surface area contributed by atoms with Crippen LogP contribution in [0, 0.1) is 0 Å². The lowest BCUT2D eigenvalue weighted by Gasteiger charge is -2.13. The number of nitrogens with one attached hydrogen (secondary N) is 1. The fourth-order valence-electron chi connectivity index (χ4n) is 1.97. The molecule has 1 aromatic carbocycles. The van der Waals surface area contributed by atoms with Crippen molar-refractivity contribution in [1.29, 1.82) is 0 Å². The SMILES string of the molecule is CCCNC(C)c1nnnn1-c1cccc(OCC)c1. The standard InChI is InChI=1S/C14H21N5O/c1-4-9-15-11(3)14-16-17-18-19(14)12-7-6-8-13(10-12)20-5-2/h6-8,10-11,15H,4-5,9H2,1-3H3. The maximum absolute atomic E-state index is 5.51. The van der Waals surface area contributed by atoms with E-state index in [1.54, 1.807) is 4.68 Å². The van der Waals surface area contributed by atoms with Gasteiger partial charge in [-0.15, -0.1) is 5.10 Å². The molecule has 20 heavy (non-hydrogen) atoms. The lowest BCUT2D eigenvalue weighted by Crippen LogP contribution is -2.22. The molecule has 1 unspecified atom stereocenters. The smallest absolute Gasteiger partial charge is 0.173 e. The summed E-state index contributed by atoms with van der Waals surface area (Å²) in [6.07, 6.45) is 1.08. The summed E-state index contributed by atoms with van der Waals surface area (Å²) in [6.45, 7) is 7.73. The van der Waals surface area contributed by atoms with Gasteiger partial charge in [-0.1, -0.05) is 13.0 Å². The van der Waals surface area contributed by atoms with Crippen LogP contribution in [0.5, 0.6) is 5.75 Å². The second-order valence-corrected chi connectivity index (χ2v) is 4.56. The molecule has 0 spiro atoms. The molecule has 6 nitrogen and oxygen atoms in total. The minimum Gasteiger partial charge on any atom is -0.494 e. The Labute approximate surface area is 119 Å². The average molecular weight is 275 g/mol. The number of tetrazole rings is 1. The normalized spacial score (nSPS) is 12.3. The molecule has 0 aliphatic heterocycles. The zero-order valence-electron chi connectivity index (χ0n) is 12.2. The van der Waals surface area contributed by atoms with E-state index < -0.39 is 0 Å². The quantitative estimate of drug-likeness (QED) is 0.838. The van der Waals surface area contributed by atoms with Crippen LogP contribution in [-0.2, 0) is 0 Å². The largest absolute Gasteiger partial charge is 0.494 e. The molecule has 1 aromatic heterocycles. The van der Waals surface area contributed by atoms with E-state index in [1.807, 2.05) is 31.2 Å². The molecule has 2 aromatic rings. The van der Waals surface area contributed by atoms with Gasteiger partial charge in [0.05, 0.1) is 18.3 Å². The molecule has 6 heteroatoms. The third kappa shape index (κ3) is 3.33. The van der Waals surface area contributed by atoms with E-state index in [4.69, 9.17) is 4.74 Å². The molecule has 0 saturated heterocycles. The molecule has 0 aliphatic rings. The molecule has 0 bridgehead atoms. The molecular formula is C14H21N5O. The minimum atomic E-state index is 0.0979. The van der Waals surface area contributed by atoms with Crippen LogP contribution in [-0.4, -0.2) is 33.4 Å². The van der Waals surface area contributed by atoms with Crippen LogP contribution in [0.1, 0.15) is 39.1 Å². The molecule has 108 valence electrons. The van der Waals surface area contributed by atoms with Crippen LogP contribution in [0.25, 0.3) is 5.69 Å². The first-order chi connectivity index (χ1) is 9.76. The maximum Gasteiger partial charge on any atom is 0.173 e. The van der Waals surface area contributed by atoms with Crippen molar-refractivity contribution in [3.63, 3.8) is 0 Å². The van der Waals surface area contributed by atoms with Crippen molar-refractivity contribution in [3.05, 3.63) is 30.1 Å². The summed E-state index contributed by atoms with van der Waals surface area (Å²) in [7, 11) is 0. The Balaban J connectivity index is 2.24. The van der Waals surface area contributed by atoms with Crippen molar-refractivity contribution in [2.45, 2.75) is 33.2 Å². The molecule has 1 atom stereocenters. The molecular weight excluding hydrogens is 254 g/mol. The Bertz CT molecular complexity index is 540. The molecule has 0 amide bonds. The first kappa shape index (κ1) is 14.5. The molecule has 1 N–H and O–H groups in total. The lowest BCUT2D eigenvalue weighted by atomic mass is 10.2. The third-order valence-corrected chi connectivity index (χ3v) is 2.95. The van der Waals surface area contributed by atoms with Gasteiger partial charge >= 0.3 is 0 Å². The van der Waals surface area contributed by atoms with Gasteiger partial charge in [-0.2, -0.15) is 4.68 Å². The zero-order chi connectivity index (χ0) is 14.4. The van der Waals surface area contributed by atoms with E-state index in [9.17, 15) is 0 Å². The van der Waals surface area contributed by atoms with E-state index >= 15 is 0 Å². The van der Waals surface area contributed by atoms with Gasteiger partial charge in [-0.3, -0.25) is 0 Å². The van der Waals surface area contributed by atoms with Gasteiger partial charge in [0.25, 0.3) is 0 Å². The number of rotatable bonds is 7. The summed E-state index contributed by atoms with van der Waals surface area (Å²) < 4.78 is 7.26. The number of ether oxygens (including phenoxy) is 1. The van der Waals surface area contributed by atoms with Crippen LogP contribution in [0.3, 0.4) is 0 Å². The van der Waals surface area contributed by atoms with Crippen molar-refractivity contribution in [3.8, 4) is 11.4 Å². The van der Waals surface area contributed by atoms with Crippen LogP contribution < -0.4 is 10.1 Å². The van der Waals surface area contributed by atoms with E-state index in [-0.39, 0.29) is 6.04 Å². The van der Waals surface area contributed by atoms with Crippen molar-refractivity contribution in [2.75, 3.05) is 13.2 Å². The van der Waals surface area contributed by atoms with Crippen LogP contribution in [0.4, 0.5) is 0 Å². The third-order valence-electron chi connectivity index (χ3n) is 2.95. The van der Waals surface area contributed by atoms with Gasteiger partial charge in [0.2, 0.25) is 0 Å². The number of hydrogen-bond donors (Lipinski definition) is 1. The second-order valence-electron chi connectivity index (χ2n) is 4.56. The fraction of sp³-hybridized carbons (Fsp3) is 0.500. The fourth-order valence-corrected chi connectivity index (χ4v) is 1.97. The van der Waals surface area contributed by atoms with Gasteiger partial charge in [0.15, 0.2) is 5.82 Å². The Morgan fingerprint density at radius 3 is 2.95 bits per heavy atom. The van der Waals surface area contributed by atoms with E-state index in [1.165, 1.54) is 0 Å². The van der Waals surface area contributed by atoms with Gasteiger partial charge in [0.1, 0.15) is 5.75 Å². The predicted molar refractivity (Wildman–Crippen MR) is 77.0 cm³/mol. The van der Waals surface area contributed by atoms with E-state index in [0.29, 0.717) is 6.61 Å². The monoisotopic (exact) mass is 275 g/mol. The first-order valence-electron chi connectivity index (χ1n) is 7.01. The number of benzene rings is 1. The summed E-state index contributed by atoms with van der Waals surface area (Å²) in [6, 6.07) is 7.87. The number of nitrogens with zero attached hydrogens (tertiary/aromatic N) is 4. The van der Waals surface area contributed by atoms with Crippen molar-refractivity contribution < 1.29 is 4.74 Å². The summed E-state index contributed by atoms with van der Waals surface area (Å²) in [4.78, 5) is 0. The number of hydrogen-bond acceptors (Lipinski definition) is 5. The van der Waals surface area contributed by atoms with Gasteiger partial charge in [-0.25, -0.2) is 0 Å². The highest BCUT2D eigenvalue weighted by Gasteiger charge is 2.15. The Morgan fingerprint density at radius 2 is 2.20 bits per heavy atom. The molecule has 0 fully saturated rings. The highest BCUT2D eigenvalue weighted by Crippen LogP contribution is 2.19. The molecule has 0 radical (unpaired) electrons. The number of aromatic nitrogens is 4. The zero-order valence-corrected chi connectivity index (χ0v) is 12.2. The predicted octanol–water partition coefficient (Wildman–Crippen LogP) is 2.12. The molecule has 0 aliphatic carbocycles. The maximum atomic E-state index is 5.51. The minimum absolute atomic E-state index is 0.0979. The van der Waals surface area contributed by atoms with Gasteiger partial charge in [-0.05, 0) is 49.4 Å². The molecule has 0 saturated carbocycles. The van der Waals surface area contributed by atoms with E-state index in [2.05, 4.69) is 34.7 Å². The van der Waals surface area contributed by atoms with Crippen LogP contribution in [0.15, 0.2) is 24.3 Å². The summed E-state index contributed by atoms with van der Waals surface area (Å²) in [5.74, 6) is 1.62. The van der Waals surface area contributed by atoms with Crippen LogP contribution >= 0.6 is 0 Å². The summed E-state index contributed by atoms with van der Waals surface area (Å²) in [5, 5.41) is 15.4. The van der Waals surface area contributed by atoms with Crippen LogP contribution in [0.2, 0.25) is 0 Å². The van der Waals surface area contributed by atoms with Crippen molar-refractivity contribution in [1.82, 2.24) is 25.5 Å². The summed E-state index contributed by atoms with van der Waals surface area (Å²) in [5.41, 5.74) is 0.904. The highest BCUT2D eigenvalue weighted by molar-refractivity contribution is 5.39. The topological polar surface area (TPSA) is 64.9 Å². The molecule has 2 rings (SSSR count). The Morgan fingerprint density at radius 1 is 1.35 bits per heavy atom. The second kappa shape index (κ2) is 7.00. The van der Waals surface area contributed by atoms with E-state index in [0.717, 1.165) is 30.2 Å². The highest BCUT2D eigenvalue weighted by atomic mass is 16.5. The van der Waals surface area contributed by atoms with Crippen molar-refractivity contribution in [2.24, 2.45) is 0 Å².